The minimum absolute atomic E-state index is 0.000650. The van der Waals surface area contributed by atoms with Gasteiger partial charge in [0.05, 0.1) is 11.1 Å². The largest absolute Gasteiger partial charge is 0.315 e. The quantitative estimate of drug-likeness (QED) is 0.811. The summed E-state index contributed by atoms with van der Waals surface area (Å²) in [6, 6.07) is 12.1. The monoisotopic (exact) mass is 326 g/mol. The van der Waals surface area contributed by atoms with Crippen molar-refractivity contribution in [2.24, 2.45) is 0 Å². The number of anilines is 1. The molecule has 0 radical (unpaired) electrons. The van der Waals surface area contributed by atoms with Gasteiger partial charge < -0.3 is 4.90 Å². The van der Waals surface area contributed by atoms with Gasteiger partial charge in [0.1, 0.15) is 5.82 Å². The zero-order chi connectivity index (χ0) is 17.3. The third-order valence-corrected chi connectivity index (χ3v) is 4.02. The van der Waals surface area contributed by atoms with Crippen LogP contribution in [-0.2, 0) is 4.79 Å². The second kappa shape index (κ2) is 6.23. The SMILES string of the molecule is CN(C(=O)CCN1C(=O)c2ccccc2C1=O)c1ccc(F)cc1. The highest BCUT2D eigenvalue weighted by Gasteiger charge is 2.35. The molecule has 3 amide bonds. The fourth-order valence-electron chi connectivity index (χ4n) is 2.63. The van der Waals surface area contributed by atoms with Crippen LogP contribution in [0.5, 0.6) is 0 Å². The van der Waals surface area contributed by atoms with E-state index in [1.165, 1.54) is 29.2 Å². The first-order valence-corrected chi connectivity index (χ1v) is 7.46. The van der Waals surface area contributed by atoms with Gasteiger partial charge in [0.2, 0.25) is 5.91 Å². The van der Waals surface area contributed by atoms with Crippen LogP contribution >= 0.6 is 0 Å². The van der Waals surface area contributed by atoms with E-state index in [9.17, 15) is 18.8 Å². The van der Waals surface area contributed by atoms with E-state index in [1.54, 1.807) is 31.3 Å². The van der Waals surface area contributed by atoms with Crippen molar-refractivity contribution in [3.8, 4) is 0 Å². The summed E-state index contributed by atoms with van der Waals surface area (Å²) in [5, 5.41) is 0. The molecule has 0 unspecified atom stereocenters. The topological polar surface area (TPSA) is 57.7 Å². The summed E-state index contributed by atoms with van der Waals surface area (Å²) >= 11 is 0. The number of nitrogens with zero attached hydrogens (tertiary/aromatic N) is 2. The fourth-order valence-corrected chi connectivity index (χ4v) is 2.63. The maximum absolute atomic E-state index is 12.9. The molecule has 0 fully saturated rings. The van der Waals surface area contributed by atoms with Crippen LogP contribution in [0.1, 0.15) is 27.1 Å². The Bertz CT molecular complexity index is 782. The second-order valence-electron chi connectivity index (χ2n) is 5.49. The molecule has 0 saturated heterocycles. The molecule has 0 aliphatic carbocycles. The lowest BCUT2D eigenvalue weighted by molar-refractivity contribution is -0.118. The fraction of sp³-hybridized carbons (Fsp3) is 0.167. The van der Waals surface area contributed by atoms with Crippen LogP contribution in [0.25, 0.3) is 0 Å². The van der Waals surface area contributed by atoms with Gasteiger partial charge in [0, 0.05) is 25.7 Å². The van der Waals surface area contributed by atoms with Gasteiger partial charge in [-0.3, -0.25) is 19.3 Å². The van der Waals surface area contributed by atoms with Crippen molar-refractivity contribution >= 4 is 23.4 Å². The van der Waals surface area contributed by atoms with Crippen LogP contribution in [-0.4, -0.2) is 36.2 Å². The Morgan fingerprint density at radius 2 is 1.54 bits per heavy atom. The van der Waals surface area contributed by atoms with Crippen molar-refractivity contribution in [1.82, 2.24) is 4.90 Å². The highest BCUT2D eigenvalue weighted by molar-refractivity contribution is 6.21. The normalized spacial score (nSPS) is 13.2. The van der Waals surface area contributed by atoms with Gasteiger partial charge in [0.25, 0.3) is 11.8 Å². The molecule has 1 aliphatic heterocycles. The predicted molar refractivity (Wildman–Crippen MR) is 86.2 cm³/mol. The van der Waals surface area contributed by atoms with Crippen LogP contribution in [0.15, 0.2) is 48.5 Å². The summed E-state index contributed by atoms with van der Waals surface area (Å²) in [5.41, 5.74) is 1.27. The Labute approximate surface area is 138 Å². The molecule has 0 N–H and O–H groups in total. The van der Waals surface area contributed by atoms with E-state index in [2.05, 4.69) is 0 Å². The van der Waals surface area contributed by atoms with Gasteiger partial charge >= 0.3 is 0 Å². The Morgan fingerprint density at radius 3 is 2.08 bits per heavy atom. The molecule has 0 bridgehead atoms. The maximum atomic E-state index is 12.9. The molecule has 24 heavy (non-hydrogen) atoms. The number of benzene rings is 2. The minimum atomic E-state index is -0.384. The van der Waals surface area contributed by atoms with E-state index in [0.29, 0.717) is 16.8 Å². The Balaban J connectivity index is 1.66. The van der Waals surface area contributed by atoms with Crippen molar-refractivity contribution < 1.29 is 18.8 Å². The first-order chi connectivity index (χ1) is 11.5. The predicted octanol–water partition coefficient (Wildman–Crippen LogP) is 2.47. The number of carbonyl (C=O) groups is 3. The first-order valence-electron chi connectivity index (χ1n) is 7.46. The Kier molecular flexibility index (Phi) is 4.12. The maximum Gasteiger partial charge on any atom is 0.261 e. The second-order valence-corrected chi connectivity index (χ2v) is 5.49. The average molecular weight is 326 g/mol. The molecule has 0 aromatic heterocycles. The number of fused-ring (bicyclic) bond motifs is 1. The van der Waals surface area contributed by atoms with Gasteiger partial charge in [-0.15, -0.1) is 0 Å². The van der Waals surface area contributed by atoms with Crippen molar-refractivity contribution in [2.45, 2.75) is 6.42 Å². The lowest BCUT2D eigenvalue weighted by Gasteiger charge is -2.19. The number of imide groups is 1. The number of hydrogen-bond donors (Lipinski definition) is 0. The van der Waals surface area contributed by atoms with Gasteiger partial charge in [-0.05, 0) is 36.4 Å². The zero-order valence-corrected chi connectivity index (χ0v) is 13.0. The van der Waals surface area contributed by atoms with Crippen molar-refractivity contribution in [1.29, 1.82) is 0 Å². The summed E-state index contributed by atoms with van der Waals surface area (Å²) in [7, 11) is 1.57. The zero-order valence-electron chi connectivity index (χ0n) is 13.0. The van der Waals surface area contributed by atoms with E-state index in [-0.39, 0.29) is 36.5 Å². The summed E-state index contributed by atoms with van der Waals surface area (Å²) in [4.78, 5) is 39.2. The molecule has 122 valence electrons. The molecule has 0 atom stereocenters. The summed E-state index contributed by atoms with van der Waals surface area (Å²) in [6.07, 6.45) is -0.000650. The van der Waals surface area contributed by atoms with Crippen LogP contribution in [0.3, 0.4) is 0 Å². The molecule has 2 aromatic carbocycles. The third kappa shape index (κ3) is 2.78. The number of rotatable bonds is 4. The van der Waals surface area contributed by atoms with E-state index in [4.69, 9.17) is 0 Å². The number of carbonyl (C=O) groups excluding carboxylic acids is 3. The minimum Gasteiger partial charge on any atom is -0.315 e. The number of hydrogen-bond acceptors (Lipinski definition) is 3. The average Bonchev–Trinajstić information content (AvgIpc) is 2.84. The summed E-state index contributed by atoms with van der Waals surface area (Å²) in [6.45, 7) is 0.0106. The molecular formula is C18H15FN2O3. The van der Waals surface area contributed by atoms with Gasteiger partial charge in [-0.25, -0.2) is 4.39 Å². The molecule has 0 saturated carbocycles. The molecule has 2 aromatic rings. The summed E-state index contributed by atoms with van der Waals surface area (Å²) < 4.78 is 12.9. The highest BCUT2D eigenvalue weighted by atomic mass is 19.1. The van der Waals surface area contributed by atoms with Gasteiger partial charge in [-0.1, -0.05) is 12.1 Å². The molecule has 0 spiro atoms. The van der Waals surface area contributed by atoms with E-state index in [1.807, 2.05) is 0 Å². The molecule has 1 aliphatic rings. The molecular weight excluding hydrogens is 311 g/mol. The Hall–Kier alpha value is -3.02. The number of amides is 3. The lowest BCUT2D eigenvalue weighted by Crippen LogP contribution is -2.35. The van der Waals surface area contributed by atoms with Crippen molar-refractivity contribution in [3.63, 3.8) is 0 Å². The van der Waals surface area contributed by atoms with Crippen molar-refractivity contribution in [2.75, 3.05) is 18.5 Å². The summed E-state index contributed by atoms with van der Waals surface area (Å²) in [5.74, 6) is -1.41. The van der Waals surface area contributed by atoms with Crippen LogP contribution < -0.4 is 4.90 Å². The molecule has 6 heteroatoms. The standard InChI is InChI=1S/C18H15FN2O3/c1-20(13-8-6-12(19)7-9-13)16(22)10-11-21-17(23)14-4-2-3-5-15(14)18(21)24/h2-9H,10-11H2,1H3. The molecule has 3 rings (SSSR count). The van der Waals surface area contributed by atoms with Gasteiger partial charge in [-0.2, -0.15) is 0 Å². The highest BCUT2D eigenvalue weighted by Crippen LogP contribution is 2.23. The van der Waals surface area contributed by atoms with Crippen LogP contribution in [0, 0.1) is 5.82 Å². The molecule has 5 nitrogen and oxygen atoms in total. The van der Waals surface area contributed by atoms with Crippen LogP contribution in [0.4, 0.5) is 10.1 Å². The number of halogens is 1. The van der Waals surface area contributed by atoms with E-state index >= 15 is 0 Å². The van der Waals surface area contributed by atoms with Crippen molar-refractivity contribution in [3.05, 3.63) is 65.5 Å². The first kappa shape index (κ1) is 15.9. The van der Waals surface area contributed by atoms with Crippen LogP contribution in [0.2, 0.25) is 0 Å². The molecule has 1 heterocycles. The Morgan fingerprint density at radius 1 is 1.00 bits per heavy atom. The third-order valence-electron chi connectivity index (χ3n) is 4.02. The van der Waals surface area contributed by atoms with E-state index < -0.39 is 0 Å². The lowest BCUT2D eigenvalue weighted by atomic mass is 10.1. The van der Waals surface area contributed by atoms with Gasteiger partial charge in [0.15, 0.2) is 0 Å². The smallest absolute Gasteiger partial charge is 0.261 e. The van der Waals surface area contributed by atoms with E-state index in [0.717, 1.165) is 4.90 Å².